The maximum atomic E-state index is 4.30. The fraction of sp³-hybridized carbons (Fsp3) is 0. The highest BCUT2D eigenvalue weighted by atomic mass is 15.1. The van der Waals surface area contributed by atoms with E-state index in [1.165, 1.54) is 0 Å². The van der Waals surface area contributed by atoms with Crippen molar-refractivity contribution in [2.45, 2.75) is 0 Å². The molecule has 116 valence electrons. The molecule has 24 heavy (non-hydrogen) atoms. The van der Waals surface area contributed by atoms with Gasteiger partial charge in [-0.15, -0.1) is 0 Å². The Labute approximate surface area is 139 Å². The van der Waals surface area contributed by atoms with Gasteiger partial charge in [0.15, 0.2) is 0 Å². The molecule has 0 atom stereocenters. The number of rotatable bonds is 4. The van der Waals surface area contributed by atoms with E-state index < -0.39 is 0 Å². The minimum absolute atomic E-state index is 0.832. The van der Waals surface area contributed by atoms with Crippen LogP contribution in [0.25, 0.3) is 22.5 Å². The van der Waals surface area contributed by atoms with Crippen LogP contribution in [0.1, 0.15) is 0 Å². The van der Waals surface area contributed by atoms with E-state index in [1.54, 1.807) is 0 Å². The van der Waals surface area contributed by atoms with Crippen LogP contribution in [0, 0.1) is 0 Å². The summed E-state index contributed by atoms with van der Waals surface area (Å²) >= 11 is 0. The fourth-order valence-corrected chi connectivity index (χ4v) is 2.55. The second kappa shape index (κ2) is 6.38. The number of aromatic amines is 2. The summed E-state index contributed by atoms with van der Waals surface area (Å²) in [5, 5.41) is 8.60. The molecule has 0 unspecified atom stereocenters. The van der Waals surface area contributed by atoms with Gasteiger partial charge in [-0.05, 0) is 59.7 Å². The van der Waals surface area contributed by atoms with Gasteiger partial charge in [0.2, 0.25) is 0 Å². The van der Waals surface area contributed by atoms with Gasteiger partial charge >= 0.3 is 0 Å². The highest BCUT2D eigenvalue weighted by Gasteiger charge is 1.99. The monoisotopic (exact) mass is 312 g/mol. The number of azo groups is 1. The molecular weight excluding hydrogens is 296 g/mol. The van der Waals surface area contributed by atoms with E-state index in [4.69, 9.17) is 0 Å². The smallest absolute Gasteiger partial charge is 0.0857 e. The Kier molecular flexibility index (Phi) is 3.78. The number of benzene rings is 2. The van der Waals surface area contributed by atoms with Gasteiger partial charge in [-0.3, -0.25) is 0 Å². The van der Waals surface area contributed by atoms with Gasteiger partial charge in [-0.2, -0.15) is 10.2 Å². The Bertz CT molecular complexity index is 837. The van der Waals surface area contributed by atoms with Gasteiger partial charge in [0.25, 0.3) is 0 Å². The Morgan fingerprint density at radius 2 is 0.917 bits per heavy atom. The van der Waals surface area contributed by atoms with Gasteiger partial charge in [0, 0.05) is 23.8 Å². The summed E-state index contributed by atoms with van der Waals surface area (Å²) in [7, 11) is 0. The average molecular weight is 312 g/mol. The van der Waals surface area contributed by atoms with Crippen molar-refractivity contribution in [2.24, 2.45) is 10.2 Å². The van der Waals surface area contributed by atoms with Crippen LogP contribution in [0.4, 0.5) is 11.4 Å². The lowest BCUT2D eigenvalue weighted by Crippen LogP contribution is -1.76. The van der Waals surface area contributed by atoms with Gasteiger partial charge in [-0.25, -0.2) is 0 Å². The van der Waals surface area contributed by atoms with Crippen LogP contribution in [0.3, 0.4) is 0 Å². The maximum Gasteiger partial charge on any atom is 0.0857 e. The number of hydrogen-bond acceptors (Lipinski definition) is 2. The maximum absolute atomic E-state index is 4.30. The zero-order valence-electron chi connectivity index (χ0n) is 13.0. The number of H-pyrrole nitrogens is 2. The largest absolute Gasteiger partial charge is 0.361 e. The van der Waals surface area contributed by atoms with Crippen molar-refractivity contribution in [3.8, 4) is 22.5 Å². The van der Waals surface area contributed by atoms with E-state index in [2.05, 4.69) is 20.2 Å². The molecule has 2 N–H and O–H groups in total. The van der Waals surface area contributed by atoms with Crippen molar-refractivity contribution < 1.29 is 0 Å². The average Bonchev–Trinajstić information content (AvgIpc) is 3.34. The van der Waals surface area contributed by atoms with Crippen molar-refractivity contribution in [1.29, 1.82) is 0 Å². The van der Waals surface area contributed by atoms with Crippen molar-refractivity contribution in [2.75, 3.05) is 0 Å². The Balaban J connectivity index is 1.48. The van der Waals surface area contributed by atoms with E-state index in [1.807, 2.05) is 85.2 Å². The Morgan fingerprint density at radius 3 is 1.25 bits per heavy atom. The predicted molar refractivity (Wildman–Crippen MR) is 96.6 cm³/mol. The summed E-state index contributed by atoms with van der Waals surface area (Å²) in [5.74, 6) is 0. The number of nitrogens with one attached hydrogen (secondary N) is 2. The summed E-state index contributed by atoms with van der Waals surface area (Å²) in [6, 6.07) is 24.1. The molecule has 2 aromatic carbocycles. The lowest BCUT2D eigenvalue weighted by Gasteiger charge is -2.00. The molecule has 0 radical (unpaired) electrons. The topological polar surface area (TPSA) is 56.3 Å². The molecular formula is C20H16N4. The second-order valence-electron chi connectivity index (χ2n) is 5.46. The van der Waals surface area contributed by atoms with Crippen LogP contribution < -0.4 is 0 Å². The number of hydrogen-bond donors (Lipinski definition) is 2. The van der Waals surface area contributed by atoms with Crippen molar-refractivity contribution in [3.63, 3.8) is 0 Å². The van der Waals surface area contributed by atoms with Crippen LogP contribution in [-0.4, -0.2) is 9.97 Å². The van der Waals surface area contributed by atoms with Crippen LogP contribution in [0.5, 0.6) is 0 Å². The van der Waals surface area contributed by atoms with E-state index in [-0.39, 0.29) is 0 Å². The molecule has 0 amide bonds. The summed E-state index contributed by atoms with van der Waals surface area (Å²) < 4.78 is 0. The Morgan fingerprint density at radius 1 is 0.500 bits per heavy atom. The first-order valence-electron chi connectivity index (χ1n) is 7.78. The summed E-state index contributed by atoms with van der Waals surface area (Å²) in [6.07, 6.45) is 3.83. The molecule has 4 rings (SSSR count). The molecule has 0 aliphatic heterocycles. The van der Waals surface area contributed by atoms with Crippen molar-refractivity contribution >= 4 is 11.4 Å². The van der Waals surface area contributed by atoms with E-state index in [0.717, 1.165) is 33.9 Å². The summed E-state index contributed by atoms with van der Waals surface area (Å²) in [6.45, 7) is 0. The van der Waals surface area contributed by atoms with Crippen LogP contribution >= 0.6 is 0 Å². The summed E-state index contributed by atoms with van der Waals surface area (Å²) in [5.41, 5.74) is 6.12. The first kappa shape index (κ1) is 14.2. The van der Waals surface area contributed by atoms with Crippen molar-refractivity contribution in [1.82, 2.24) is 9.97 Å². The predicted octanol–water partition coefficient (Wildman–Crippen LogP) is 6.09. The van der Waals surface area contributed by atoms with Gasteiger partial charge in [-0.1, -0.05) is 24.3 Å². The Hall–Kier alpha value is -3.40. The molecule has 0 saturated heterocycles. The second-order valence-corrected chi connectivity index (χ2v) is 5.46. The quantitative estimate of drug-likeness (QED) is 0.428. The van der Waals surface area contributed by atoms with E-state index in [9.17, 15) is 0 Å². The minimum atomic E-state index is 0.832. The molecule has 4 nitrogen and oxygen atoms in total. The lowest BCUT2D eigenvalue weighted by molar-refractivity contribution is 1.23. The molecule has 0 aliphatic carbocycles. The summed E-state index contributed by atoms with van der Waals surface area (Å²) in [4.78, 5) is 6.38. The number of aromatic nitrogens is 2. The van der Waals surface area contributed by atoms with Gasteiger partial charge in [0.05, 0.1) is 11.4 Å². The third-order valence-corrected chi connectivity index (χ3v) is 3.83. The van der Waals surface area contributed by atoms with Gasteiger partial charge in [0.1, 0.15) is 0 Å². The van der Waals surface area contributed by atoms with E-state index in [0.29, 0.717) is 0 Å². The minimum Gasteiger partial charge on any atom is -0.361 e. The molecule has 4 aromatic rings. The highest BCUT2D eigenvalue weighted by molar-refractivity contribution is 5.63. The van der Waals surface area contributed by atoms with Gasteiger partial charge < -0.3 is 9.97 Å². The SMILES string of the molecule is c1c[nH]c(-c2ccc(N=Nc3ccc(-c4ccc[nH]4)cc3)cc2)c1. The zero-order chi connectivity index (χ0) is 16.2. The molecule has 2 heterocycles. The molecule has 4 heteroatoms. The normalized spacial score (nSPS) is 11.2. The lowest BCUT2D eigenvalue weighted by atomic mass is 10.1. The first-order chi connectivity index (χ1) is 11.9. The molecule has 0 aliphatic rings. The standard InChI is InChI=1S/C20H16N4/c1-3-19(21-13-1)15-5-9-17(10-6-15)23-24-18-11-7-16(8-12-18)20-4-2-14-22-20/h1-14,21-22H. The third kappa shape index (κ3) is 3.03. The van der Waals surface area contributed by atoms with E-state index >= 15 is 0 Å². The fourth-order valence-electron chi connectivity index (χ4n) is 2.55. The molecule has 0 fully saturated rings. The molecule has 0 spiro atoms. The molecule has 0 bridgehead atoms. The van der Waals surface area contributed by atoms with Crippen molar-refractivity contribution in [3.05, 3.63) is 85.2 Å². The van der Waals surface area contributed by atoms with Crippen LogP contribution in [0.2, 0.25) is 0 Å². The van der Waals surface area contributed by atoms with Crippen LogP contribution in [0.15, 0.2) is 95.4 Å². The molecule has 2 aromatic heterocycles. The number of nitrogens with zero attached hydrogens (tertiary/aromatic N) is 2. The third-order valence-electron chi connectivity index (χ3n) is 3.83. The molecule has 0 saturated carbocycles. The highest BCUT2D eigenvalue weighted by Crippen LogP contribution is 2.24. The zero-order valence-corrected chi connectivity index (χ0v) is 13.0. The first-order valence-corrected chi connectivity index (χ1v) is 7.78. The van der Waals surface area contributed by atoms with Crippen LogP contribution in [-0.2, 0) is 0 Å².